The molecular formula is C16H24ClN3O. The maximum atomic E-state index is 13.0. The summed E-state index contributed by atoms with van der Waals surface area (Å²) in [6.07, 6.45) is 7.32. The predicted molar refractivity (Wildman–Crippen MR) is 84.9 cm³/mol. The largest absolute Gasteiger partial charge is 0.339 e. The molecule has 1 aromatic heterocycles. The highest BCUT2D eigenvalue weighted by atomic mass is 35.5. The number of nitrogens with one attached hydrogen (secondary N) is 1. The quantitative estimate of drug-likeness (QED) is 0.907. The van der Waals surface area contributed by atoms with Crippen LogP contribution in [0.1, 0.15) is 55.6 Å². The van der Waals surface area contributed by atoms with E-state index in [1.807, 2.05) is 12.3 Å². The summed E-state index contributed by atoms with van der Waals surface area (Å²) in [5.74, 6) is 0.155. The predicted octanol–water partition coefficient (Wildman–Crippen LogP) is 3.08. The topological polar surface area (TPSA) is 37.3 Å². The number of amides is 1. The van der Waals surface area contributed by atoms with Crippen molar-refractivity contribution in [3.8, 4) is 0 Å². The van der Waals surface area contributed by atoms with Crippen molar-refractivity contribution in [2.75, 3.05) is 19.6 Å². The number of aromatic nitrogens is 1. The number of carbonyl (C=O) groups is 1. The Morgan fingerprint density at radius 2 is 2.10 bits per heavy atom. The van der Waals surface area contributed by atoms with Gasteiger partial charge in [0.1, 0.15) is 5.69 Å². The lowest BCUT2D eigenvalue weighted by Gasteiger charge is -2.34. The zero-order chi connectivity index (χ0) is 14.8. The van der Waals surface area contributed by atoms with Gasteiger partial charge >= 0.3 is 0 Å². The summed E-state index contributed by atoms with van der Waals surface area (Å²) in [5, 5.41) is 4.04. The molecule has 1 saturated carbocycles. The molecule has 0 atom stereocenters. The molecule has 3 rings (SSSR count). The van der Waals surface area contributed by atoms with Crippen LogP contribution in [0, 0.1) is 0 Å². The summed E-state index contributed by atoms with van der Waals surface area (Å²) in [4.78, 5) is 15.1. The van der Waals surface area contributed by atoms with E-state index in [1.54, 1.807) is 0 Å². The Bertz CT molecular complexity index is 504. The van der Waals surface area contributed by atoms with Gasteiger partial charge in [-0.3, -0.25) is 4.79 Å². The van der Waals surface area contributed by atoms with E-state index < -0.39 is 0 Å². The van der Waals surface area contributed by atoms with Crippen molar-refractivity contribution in [2.24, 2.45) is 0 Å². The van der Waals surface area contributed by atoms with Crippen molar-refractivity contribution in [1.82, 2.24) is 14.8 Å². The fraction of sp³-hybridized carbons (Fsp3) is 0.688. The van der Waals surface area contributed by atoms with Crippen LogP contribution in [0.4, 0.5) is 0 Å². The van der Waals surface area contributed by atoms with Crippen LogP contribution < -0.4 is 5.32 Å². The Morgan fingerprint density at radius 3 is 2.71 bits per heavy atom. The lowest BCUT2D eigenvalue weighted by atomic mass is 10.0. The van der Waals surface area contributed by atoms with Crippen LogP contribution in [0.3, 0.4) is 0 Å². The first-order chi connectivity index (χ1) is 10.2. The van der Waals surface area contributed by atoms with Crippen molar-refractivity contribution >= 4 is 17.5 Å². The zero-order valence-electron chi connectivity index (χ0n) is 12.6. The van der Waals surface area contributed by atoms with Crippen LogP contribution >= 0.6 is 11.6 Å². The van der Waals surface area contributed by atoms with Crippen LogP contribution in [0.2, 0.25) is 5.02 Å². The normalized spacial score (nSPS) is 19.7. The summed E-state index contributed by atoms with van der Waals surface area (Å²) in [5.41, 5.74) is 0.773. The van der Waals surface area contributed by atoms with Gasteiger partial charge in [-0.2, -0.15) is 0 Å². The first-order valence-electron chi connectivity index (χ1n) is 8.09. The van der Waals surface area contributed by atoms with Crippen LogP contribution in [-0.4, -0.2) is 41.1 Å². The van der Waals surface area contributed by atoms with Crippen molar-refractivity contribution in [3.63, 3.8) is 0 Å². The van der Waals surface area contributed by atoms with E-state index in [0.29, 0.717) is 17.1 Å². The molecule has 5 heteroatoms. The van der Waals surface area contributed by atoms with E-state index in [-0.39, 0.29) is 5.91 Å². The number of rotatable bonds is 5. The van der Waals surface area contributed by atoms with Crippen molar-refractivity contribution in [2.45, 2.75) is 51.1 Å². The molecule has 116 valence electrons. The average Bonchev–Trinajstić information content (AvgIpc) is 3.27. The summed E-state index contributed by atoms with van der Waals surface area (Å²) < 4.78 is 2.09. The molecule has 2 fully saturated rings. The minimum atomic E-state index is 0.155. The van der Waals surface area contributed by atoms with Crippen molar-refractivity contribution < 1.29 is 4.79 Å². The van der Waals surface area contributed by atoms with Gasteiger partial charge in [0.2, 0.25) is 0 Å². The smallest absolute Gasteiger partial charge is 0.270 e. The molecule has 1 aromatic rings. The first-order valence-corrected chi connectivity index (χ1v) is 8.47. The third kappa shape index (κ3) is 3.27. The second-order valence-corrected chi connectivity index (χ2v) is 6.60. The number of hydrogen-bond acceptors (Lipinski definition) is 2. The van der Waals surface area contributed by atoms with Crippen LogP contribution in [0.5, 0.6) is 0 Å². The number of nitrogens with zero attached hydrogens (tertiary/aromatic N) is 2. The second kappa shape index (κ2) is 6.41. The number of piperidine rings is 1. The van der Waals surface area contributed by atoms with Gasteiger partial charge < -0.3 is 14.8 Å². The summed E-state index contributed by atoms with van der Waals surface area (Å²) in [6.45, 7) is 4.97. The van der Waals surface area contributed by atoms with Crippen molar-refractivity contribution in [1.29, 1.82) is 0 Å². The molecule has 2 heterocycles. The van der Waals surface area contributed by atoms with Crippen LogP contribution in [-0.2, 0) is 0 Å². The van der Waals surface area contributed by atoms with E-state index in [1.165, 1.54) is 0 Å². The highest BCUT2D eigenvalue weighted by Gasteiger charge is 2.32. The van der Waals surface area contributed by atoms with Gasteiger partial charge in [-0.05, 0) is 51.3 Å². The SMILES string of the molecule is CCCN(C(=O)c1cc(Cl)cn1C1CC1)C1CCNCC1. The van der Waals surface area contributed by atoms with Crippen LogP contribution in [0.25, 0.3) is 0 Å². The van der Waals surface area contributed by atoms with Crippen LogP contribution in [0.15, 0.2) is 12.3 Å². The molecule has 4 nitrogen and oxygen atoms in total. The minimum Gasteiger partial charge on any atom is -0.339 e. The Kier molecular flexibility index (Phi) is 4.55. The molecule has 1 saturated heterocycles. The lowest BCUT2D eigenvalue weighted by molar-refractivity contribution is 0.0631. The lowest BCUT2D eigenvalue weighted by Crippen LogP contribution is -2.46. The van der Waals surface area contributed by atoms with Gasteiger partial charge in [-0.1, -0.05) is 18.5 Å². The second-order valence-electron chi connectivity index (χ2n) is 6.16. The van der Waals surface area contributed by atoms with Gasteiger partial charge in [0.15, 0.2) is 0 Å². The monoisotopic (exact) mass is 309 g/mol. The maximum Gasteiger partial charge on any atom is 0.270 e. The third-order valence-electron chi connectivity index (χ3n) is 4.45. The average molecular weight is 310 g/mol. The fourth-order valence-corrected chi connectivity index (χ4v) is 3.44. The van der Waals surface area contributed by atoms with Gasteiger partial charge in [0.05, 0.1) is 5.02 Å². The molecular weight excluding hydrogens is 286 g/mol. The number of hydrogen-bond donors (Lipinski definition) is 1. The molecule has 21 heavy (non-hydrogen) atoms. The molecule has 0 aromatic carbocycles. The molecule has 1 amide bonds. The molecule has 2 aliphatic rings. The van der Waals surface area contributed by atoms with E-state index in [0.717, 1.165) is 57.4 Å². The Balaban J connectivity index is 1.82. The van der Waals surface area contributed by atoms with E-state index in [4.69, 9.17) is 11.6 Å². The number of carbonyl (C=O) groups excluding carboxylic acids is 1. The van der Waals surface area contributed by atoms with Gasteiger partial charge in [0.25, 0.3) is 5.91 Å². The van der Waals surface area contributed by atoms with E-state index >= 15 is 0 Å². The summed E-state index contributed by atoms with van der Waals surface area (Å²) >= 11 is 6.15. The molecule has 1 aliphatic heterocycles. The van der Waals surface area contributed by atoms with Gasteiger partial charge in [-0.15, -0.1) is 0 Å². The Labute approximate surface area is 131 Å². The van der Waals surface area contributed by atoms with Gasteiger partial charge in [0, 0.05) is 24.8 Å². The maximum absolute atomic E-state index is 13.0. The minimum absolute atomic E-state index is 0.155. The molecule has 1 aliphatic carbocycles. The molecule has 0 radical (unpaired) electrons. The summed E-state index contributed by atoms with van der Waals surface area (Å²) in [6, 6.07) is 2.68. The molecule has 1 N–H and O–H groups in total. The fourth-order valence-electron chi connectivity index (χ4n) is 3.23. The zero-order valence-corrected chi connectivity index (χ0v) is 13.4. The van der Waals surface area contributed by atoms with E-state index in [2.05, 4.69) is 21.7 Å². The highest BCUT2D eigenvalue weighted by molar-refractivity contribution is 6.31. The summed E-state index contributed by atoms with van der Waals surface area (Å²) in [7, 11) is 0. The standard InChI is InChI=1S/C16H24ClN3O/c1-2-9-19(14-5-7-18-8-6-14)16(21)15-10-12(17)11-20(15)13-3-4-13/h10-11,13-14,18H,2-9H2,1H3. The molecule has 0 bridgehead atoms. The van der Waals surface area contributed by atoms with Crippen molar-refractivity contribution in [3.05, 3.63) is 23.0 Å². The third-order valence-corrected chi connectivity index (χ3v) is 4.66. The first kappa shape index (κ1) is 14.9. The molecule has 0 spiro atoms. The number of halogens is 1. The highest BCUT2D eigenvalue weighted by Crippen LogP contribution is 2.38. The van der Waals surface area contributed by atoms with Gasteiger partial charge in [-0.25, -0.2) is 0 Å². The van der Waals surface area contributed by atoms with E-state index in [9.17, 15) is 4.79 Å². The Morgan fingerprint density at radius 1 is 1.38 bits per heavy atom. The molecule has 0 unspecified atom stereocenters. The Hall–Kier alpha value is -1.00.